The van der Waals surface area contributed by atoms with E-state index in [2.05, 4.69) is 19.1 Å². The molecule has 1 aromatic rings. The van der Waals surface area contributed by atoms with E-state index in [1.54, 1.807) is 0 Å². The first-order chi connectivity index (χ1) is 10.2. The first-order valence-corrected chi connectivity index (χ1v) is 8.24. The van der Waals surface area contributed by atoms with E-state index in [9.17, 15) is 4.79 Å². The maximum Gasteiger partial charge on any atom is 0.163 e. The highest BCUT2D eigenvalue weighted by Gasteiger charge is 2.21. The fraction of sp³-hybridized carbons (Fsp3) is 0.579. The summed E-state index contributed by atoms with van der Waals surface area (Å²) in [5.74, 6) is 1.68. The van der Waals surface area contributed by atoms with Gasteiger partial charge in [0.25, 0.3) is 0 Å². The third-order valence-electron chi connectivity index (χ3n) is 4.71. The van der Waals surface area contributed by atoms with Crippen LogP contribution >= 0.6 is 0 Å². The summed E-state index contributed by atoms with van der Waals surface area (Å²) in [6, 6.07) is 10.1. The first-order valence-electron chi connectivity index (χ1n) is 8.24. The molecule has 0 atom stereocenters. The molecule has 2 rings (SSSR count). The van der Waals surface area contributed by atoms with E-state index >= 15 is 0 Å². The standard InChI is InChI=1S/C19H25NO/c1-2-4-15-6-8-16(9-7-15)17-10-12-18(13-11-17)19(21)5-3-14-20/h10-13,15-16H,2-9H2,1H3/t15-,16-. The summed E-state index contributed by atoms with van der Waals surface area (Å²) in [7, 11) is 0. The van der Waals surface area contributed by atoms with Crippen LogP contribution in [0.25, 0.3) is 0 Å². The zero-order chi connectivity index (χ0) is 15.1. The first kappa shape index (κ1) is 15.8. The predicted molar refractivity (Wildman–Crippen MR) is 85.2 cm³/mol. The van der Waals surface area contributed by atoms with Gasteiger partial charge in [0, 0.05) is 18.4 Å². The normalized spacial score (nSPS) is 21.7. The molecule has 1 fully saturated rings. The fourth-order valence-electron chi connectivity index (χ4n) is 3.45. The lowest BCUT2D eigenvalue weighted by atomic mass is 9.77. The Kier molecular flexibility index (Phi) is 5.99. The quantitative estimate of drug-likeness (QED) is 0.669. The summed E-state index contributed by atoms with van der Waals surface area (Å²) in [6.45, 7) is 2.27. The minimum Gasteiger partial charge on any atom is -0.294 e. The number of nitrogens with zero attached hydrogens (tertiary/aromatic N) is 1. The number of carbonyl (C=O) groups is 1. The number of hydrogen-bond donors (Lipinski definition) is 0. The Balaban J connectivity index is 1.91. The summed E-state index contributed by atoms with van der Waals surface area (Å²) in [6.07, 6.45) is 8.58. The number of nitriles is 1. The van der Waals surface area contributed by atoms with Crippen LogP contribution in [0, 0.1) is 17.2 Å². The zero-order valence-corrected chi connectivity index (χ0v) is 13.0. The number of ketones is 1. The number of benzene rings is 1. The summed E-state index contributed by atoms with van der Waals surface area (Å²) >= 11 is 0. The van der Waals surface area contributed by atoms with Gasteiger partial charge in [-0.2, -0.15) is 5.26 Å². The molecule has 0 N–H and O–H groups in total. The Bertz CT molecular complexity index is 489. The van der Waals surface area contributed by atoms with Crippen molar-refractivity contribution in [3.05, 3.63) is 35.4 Å². The molecular formula is C19H25NO. The molecule has 0 saturated heterocycles. The van der Waals surface area contributed by atoms with Crippen LogP contribution < -0.4 is 0 Å². The molecule has 0 unspecified atom stereocenters. The van der Waals surface area contributed by atoms with Crippen molar-refractivity contribution in [3.63, 3.8) is 0 Å². The van der Waals surface area contributed by atoms with Gasteiger partial charge < -0.3 is 0 Å². The highest BCUT2D eigenvalue weighted by Crippen LogP contribution is 2.37. The maximum atomic E-state index is 11.9. The molecular weight excluding hydrogens is 258 g/mol. The molecule has 0 spiro atoms. The molecule has 1 aliphatic carbocycles. The molecule has 2 heteroatoms. The Morgan fingerprint density at radius 1 is 1.19 bits per heavy atom. The molecule has 112 valence electrons. The maximum absolute atomic E-state index is 11.9. The van der Waals surface area contributed by atoms with Gasteiger partial charge in [0.1, 0.15) is 0 Å². The Labute approximate surface area is 128 Å². The Morgan fingerprint density at radius 2 is 1.86 bits per heavy atom. The second-order valence-corrected chi connectivity index (χ2v) is 6.21. The van der Waals surface area contributed by atoms with Gasteiger partial charge in [-0.05, 0) is 43.1 Å². The van der Waals surface area contributed by atoms with Gasteiger partial charge in [-0.3, -0.25) is 4.79 Å². The van der Waals surface area contributed by atoms with Gasteiger partial charge in [0.05, 0.1) is 6.07 Å². The molecule has 0 heterocycles. The van der Waals surface area contributed by atoms with E-state index < -0.39 is 0 Å². The van der Waals surface area contributed by atoms with Gasteiger partial charge in [0.2, 0.25) is 0 Å². The molecule has 1 saturated carbocycles. The van der Waals surface area contributed by atoms with Crippen LogP contribution in [0.5, 0.6) is 0 Å². The van der Waals surface area contributed by atoms with E-state index in [-0.39, 0.29) is 5.78 Å². The number of rotatable bonds is 6. The molecule has 0 bridgehead atoms. The molecule has 0 aromatic heterocycles. The van der Waals surface area contributed by atoms with Crippen molar-refractivity contribution in [2.45, 2.75) is 64.2 Å². The van der Waals surface area contributed by atoms with Crippen LogP contribution in [-0.2, 0) is 0 Å². The summed E-state index contributed by atoms with van der Waals surface area (Å²) in [5, 5.41) is 8.53. The van der Waals surface area contributed by atoms with Crippen LogP contribution in [-0.4, -0.2) is 5.78 Å². The van der Waals surface area contributed by atoms with Crippen LogP contribution in [0.4, 0.5) is 0 Å². The van der Waals surface area contributed by atoms with Crippen molar-refractivity contribution in [2.24, 2.45) is 5.92 Å². The van der Waals surface area contributed by atoms with E-state index in [4.69, 9.17) is 5.26 Å². The lowest BCUT2D eigenvalue weighted by Crippen LogP contribution is -2.13. The van der Waals surface area contributed by atoms with E-state index in [0.29, 0.717) is 18.8 Å². The van der Waals surface area contributed by atoms with Crippen molar-refractivity contribution >= 4 is 5.78 Å². The Hall–Kier alpha value is -1.62. The van der Waals surface area contributed by atoms with Crippen LogP contribution in [0.2, 0.25) is 0 Å². The average molecular weight is 283 g/mol. The highest BCUT2D eigenvalue weighted by atomic mass is 16.1. The second-order valence-electron chi connectivity index (χ2n) is 6.21. The monoisotopic (exact) mass is 283 g/mol. The number of Topliss-reactive ketones (excluding diaryl/α,β-unsaturated/α-hetero) is 1. The van der Waals surface area contributed by atoms with Gasteiger partial charge in [-0.1, -0.05) is 44.0 Å². The SMILES string of the molecule is CCC[C@H]1CC[C@H](c2ccc(C(=O)CCC#N)cc2)CC1. The minimum atomic E-state index is 0.0785. The van der Waals surface area contributed by atoms with Gasteiger partial charge in [-0.25, -0.2) is 0 Å². The third-order valence-corrected chi connectivity index (χ3v) is 4.71. The summed E-state index contributed by atoms with van der Waals surface area (Å²) in [4.78, 5) is 11.9. The number of hydrogen-bond acceptors (Lipinski definition) is 2. The van der Waals surface area contributed by atoms with Crippen molar-refractivity contribution in [1.82, 2.24) is 0 Å². The van der Waals surface area contributed by atoms with Gasteiger partial charge in [0.15, 0.2) is 5.78 Å². The van der Waals surface area contributed by atoms with Crippen LogP contribution in [0.3, 0.4) is 0 Å². The van der Waals surface area contributed by atoms with E-state index in [1.165, 1.54) is 44.1 Å². The summed E-state index contributed by atoms with van der Waals surface area (Å²) in [5.41, 5.74) is 2.12. The van der Waals surface area contributed by atoms with Gasteiger partial charge in [-0.15, -0.1) is 0 Å². The molecule has 0 amide bonds. The average Bonchev–Trinajstić information content (AvgIpc) is 2.54. The molecule has 0 aliphatic heterocycles. The van der Waals surface area contributed by atoms with E-state index in [0.717, 1.165) is 11.5 Å². The fourth-order valence-corrected chi connectivity index (χ4v) is 3.45. The largest absolute Gasteiger partial charge is 0.294 e. The second kappa shape index (κ2) is 7.98. The molecule has 1 aliphatic rings. The van der Waals surface area contributed by atoms with E-state index in [1.807, 2.05) is 18.2 Å². The molecule has 2 nitrogen and oxygen atoms in total. The zero-order valence-electron chi connectivity index (χ0n) is 13.0. The van der Waals surface area contributed by atoms with Crippen molar-refractivity contribution in [3.8, 4) is 6.07 Å². The smallest absolute Gasteiger partial charge is 0.163 e. The highest BCUT2D eigenvalue weighted by molar-refractivity contribution is 5.96. The Morgan fingerprint density at radius 3 is 2.43 bits per heavy atom. The number of carbonyl (C=O) groups excluding carboxylic acids is 1. The van der Waals surface area contributed by atoms with Crippen molar-refractivity contribution in [2.75, 3.05) is 0 Å². The lowest BCUT2D eigenvalue weighted by Gasteiger charge is -2.28. The summed E-state index contributed by atoms with van der Waals surface area (Å²) < 4.78 is 0. The minimum absolute atomic E-state index is 0.0785. The van der Waals surface area contributed by atoms with Gasteiger partial charge >= 0.3 is 0 Å². The third kappa shape index (κ3) is 4.43. The molecule has 0 radical (unpaired) electrons. The molecule has 21 heavy (non-hydrogen) atoms. The lowest BCUT2D eigenvalue weighted by molar-refractivity contribution is 0.0984. The predicted octanol–water partition coefficient (Wildman–Crippen LogP) is 5.25. The topological polar surface area (TPSA) is 40.9 Å². The van der Waals surface area contributed by atoms with Crippen molar-refractivity contribution < 1.29 is 4.79 Å². The van der Waals surface area contributed by atoms with Crippen molar-refractivity contribution in [1.29, 1.82) is 5.26 Å². The van der Waals surface area contributed by atoms with Crippen LogP contribution in [0.1, 0.15) is 80.1 Å². The van der Waals surface area contributed by atoms with Crippen LogP contribution in [0.15, 0.2) is 24.3 Å². The molecule has 1 aromatic carbocycles.